The van der Waals surface area contributed by atoms with Crippen LogP contribution in [-0.2, 0) is 14.8 Å². The molecular weight excluding hydrogens is 411 g/mol. The maximum atomic E-state index is 12.1. The summed E-state index contributed by atoms with van der Waals surface area (Å²) < 4.78 is 66.3. The molecule has 3 N–H and O–H groups in total. The summed E-state index contributed by atoms with van der Waals surface area (Å²) in [5.74, 6) is -1.00. The standard InChI is InChI=1S/C15H20F3N3O4S.ClH/c1-10-8-11(6-7-19-10)21-14(22)9-20-26(23,24)13-4-2-12(3-5-13)25-15(16,17)18;/h2-5,10-11,19-20H,6-9H2,1H3,(H,21,22);1H. The van der Waals surface area contributed by atoms with Crippen molar-refractivity contribution >= 4 is 28.3 Å². The molecule has 2 unspecified atom stereocenters. The van der Waals surface area contributed by atoms with Gasteiger partial charge in [0.2, 0.25) is 15.9 Å². The Balaban J connectivity index is 0.00000364. The Kier molecular flexibility index (Phi) is 8.33. The van der Waals surface area contributed by atoms with Crippen molar-refractivity contribution < 1.29 is 31.1 Å². The Morgan fingerprint density at radius 2 is 1.93 bits per heavy atom. The molecule has 2 rings (SSSR count). The van der Waals surface area contributed by atoms with Gasteiger partial charge in [0.1, 0.15) is 5.75 Å². The molecule has 0 saturated carbocycles. The van der Waals surface area contributed by atoms with Gasteiger partial charge >= 0.3 is 6.36 Å². The second-order valence-electron chi connectivity index (χ2n) is 5.99. The van der Waals surface area contributed by atoms with E-state index in [-0.39, 0.29) is 29.4 Å². The number of sulfonamides is 1. The van der Waals surface area contributed by atoms with Crippen LogP contribution in [0.4, 0.5) is 13.2 Å². The molecule has 2 atom stereocenters. The summed E-state index contributed by atoms with van der Waals surface area (Å²) in [6, 6.07) is 3.95. The first-order valence-corrected chi connectivity index (χ1v) is 9.42. The topological polar surface area (TPSA) is 96.5 Å². The van der Waals surface area contributed by atoms with E-state index < -0.39 is 34.6 Å². The molecule has 1 aromatic rings. The number of ether oxygens (including phenoxy) is 1. The van der Waals surface area contributed by atoms with E-state index in [1.165, 1.54) is 0 Å². The van der Waals surface area contributed by atoms with Crippen LogP contribution >= 0.6 is 12.4 Å². The van der Waals surface area contributed by atoms with Crippen LogP contribution < -0.4 is 20.1 Å². The molecule has 1 aromatic carbocycles. The number of benzene rings is 1. The highest BCUT2D eigenvalue weighted by Crippen LogP contribution is 2.23. The van der Waals surface area contributed by atoms with E-state index in [0.29, 0.717) is 0 Å². The second-order valence-corrected chi connectivity index (χ2v) is 7.75. The molecule has 12 heteroatoms. The number of nitrogens with one attached hydrogen (secondary N) is 3. The Bertz CT molecular complexity index is 729. The monoisotopic (exact) mass is 431 g/mol. The summed E-state index contributed by atoms with van der Waals surface area (Å²) in [6.45, 7) is 2.30. The highest BCUT2D eigenvalue weighted by atomic mass is 35.5. The maximum Gasteiger partial charge on any atom is 0.573 e. The number of carbonyl (C=O) groups is 1. The highest BCUT2D eigenvalue weighted by Gasteiger charge is 2.31. The number of carbonyl (C=O) groups excluding carboxylic acids is 1. The van der Waals surface area contributed by atoms with Gasteiger partial charge in [-0.25, -0.2) is 13.1 Å². The third-order valence-electron chi connectivity index (χ3n) is 3.78. The minimum Gasteiger partial charge on any atom is -0.406 e. The van der Waals surface area contributed by atoms with E-state index in [1.807, 2.05) is 6.92 Å². The summed E-state index contributed by atoms with van der Waals surface area (Å²) >= 11 is 0. The first-order valence-electron chi connectivity index (χ1n) is 7.93. The Morgan fingerprint density at radius 3 is 2.48 bits per heavy atom. The zero-order valence-electron chi connectivity index (χ0n) is 14.4. The summed E-state index contributed by atoms with van der Waals surface area (Å²) in [6.07, 6.45) is -3.36. The first-order chi connectivity index (χ1) is 12.0. The number of piperidine rings is 1. The molecule has 154 valence electrons. The van der Waals surface area contributed by atoms with Crippen LogP contribution in [0.5, 0.6) is 5.75 Å². The lowest BCUT2D eigenvalue weighted by Gasteiger charge is -2.28. The van der Waals surface area contributed by atoms with Gasteiger partial charge < -0.3 is 15.4 Å². The normalized spacial score (nSPS) is 20.4. The maximum absolute atomic E-state index is 12.1. The molecule has 0 spiro atoms. The Labute approximate surface area is 161 Å². The average Bonchev–Trinajstić information content (AvgIpc) is 2.52. The lowest BCUT2D eigenvalue weighted by Crippen LogP contribution is -2.48. The quantitative estimate of drug-likeness (QED) is 0.635. The Hall–Kier alpha value is -1.56. The molecule has 0 bridgehead atoms. The van der Waals surface area contributed by atoms with E-state index >= 15 is 0 Å². The molecule has 1 amide bonds. The summed E-state index contributed by atoms with van der Waals surface area (Å²) in [4.78, 5) is 11.6. The molecule has 0 radical (unpaired) electrons. The van der Waals surface area contributed by atoms with Crippen LogP contribution in [-0.4, -0.2) is 45.9 Å². The van der Waals surface area contributed by atoms with Crippen molar-refractivity contribution in [1.29, 1.82) is 0 Å². The molecule has 0 aromatic heterocycles. The van der Waals surface area contributed by atoms with Gasteiger partial charge in [-0.1, -0.05) is 0 Å². The first kappa shape index (κ1) is 23.5. The van der Waals surface area contributed by atoms with Crippen molar-refractivity contribution in [1.82, 2.24) is 15.4 Å². The van der Waals surface area contributed by atoms with E-state index in [0.717, 1.165) is 43.7 Å². The lowest BCUT2D eigenvalue weighted by atomic mass is 10.0. The van der Waals surface area contributed by atoms with Gasteiger partial charge in [0.25, 0.3) is 0 Å². The number of rotatable bonds is 6. The van der Waals surface area contributed by atoms with Crippen LogP contribution in [0.25, 0.3) is 0 Å². The van der Waals surface area contributed by atoms with Gasteiger partial charge in [-0.05, 0) is 50.6 Å². The fourth-order valence-electron chi connectivity index (χ4n) is 2.61. The summed E-state index contributed by atoms with van der Waals surface area (Å²) in [5, 5.41) is 6.00. The smallest absolute Gasteiger partial charge is 0.406 e. The fraction of sp³-hybridized carbons (Fsp3) is 0.533. The van der Waals surface area contributed by atoms with Crippen LogP contribution in [0.3, 0.4) is 0 Å². The van der Waals surface area contributed by atoms with E-state index in [9.17, 15) is 26.4 Å². The third-order valence-corrected chi connectivity index (χ3v) is 5.20. The van der Waals surface area contributed by atoms with Gasteiger partial charge in [0.15, 0.2) is 0 Å². The third kappa shape index (κ3) is 7.91. The number of amides is 1. The molecular formula is C15H21ClF3N3O4S. The zero-order valence-corrected chi connectivity index (χ0v) is 16.0. The van der Waals surface area contributed by atoms with Gasteiger partial charge in [0, 0.05) is 12.1 Å². The molecule has 1 fully saturated rings. The lowest BCUT2D eigenvalue weighted by molar-refractivity contribution is -0.274. The van der Waals surface area contributed by atoms with Gasteiger partial charge in [-0.2, -0.15) is 0 Å². The molecule has 1 saturated heterocycles. The highest BCUT2D eigenvalue weighted by molar-refractivity contribution is 7.89. The van der Waals surface area contributed by atoms with Crippen LogP contribution in [0, 0.1) is 0 Å². The zero-order chi connectivity index (χ0) is 19.4. The van der Waals surface area contributed by atoms with Crippen LogP contribution in [0.1, 0.15) is 19.8 Å². The van der Waals surface area contributed by atoms with Crippen molar-refractivity contribution in [3.63, 3.8) is 0 Å². The summed E-state index contributed by atoms with van der Waals surface area (Å²) in [7, 11) is -4.03. The van der Waals surface area contributed by atoms with Crippen molar-refractivity contribution in [3.8, 4) is 5.75 Å². The predicted molar refractivity (Wildman–Crippen MR) is 94.2 cm³/mol. The van der Waals surface area contributed by atoms with Crippen molar-refractivity contribution in [3.05, 3.63) is 24.3 Å². The average molecular weight is 432 g/mol. The van der Waals surface area contributed by atoms with Crippen molar-refractivity contribution in [2.75, 3.05) is 13.1 Å². The van der Waals surface area contributed by atoms with E-state index in [2.05, 4.69) is 20.1 Å². The SMILES string of the molecule is CC1CC(NC(=O)CNS(=O)(=O)c2ccc(OC(F)(F)F)cc2)CCN1.Cl. The fourth-order valence-corrected chi connectivity index (χ4v) is 3.59. The van der Waals surface area contributed by atoms with Crippen LogP contribution in [0.15, 0.2) is 29.2 Å². The van der Waals surface area contributed by atoms with Crippen molar-refractivity contribution in [2.45, 2.75) is 43.1 Å². The van der Waals surface area contributed by atoms with Crippen molar-refractivity contribution in [2.24, 2.45) is 0 Å². The van der Waals surface area contributed by atoms with E-state index in [4.69, 9.17) is 0 Å². The number of hydrogen-bond acceptors (Lipinski definition) is 5. The van der Waals surface area contributed by atoms with Gasteiger partial charge in [-0.15, -0.1) is 25.6 Å². The molecule has 1 aliphatic rings. The largest absolute Gasteiger partial charge is 0.573 e. The second kappa shape index (κ2) is 9.58. The summed E-state index contributed by atoms with van der Waals surface area (Å²) in [5.41, 5.74) is 0. The molecule has 27 heavy (non-hydrogen) atoms. The molecule has 7 nitrogen and oxygen atoms in total. The van der Waals surface area contributed by atoms with Gasteiger partial charge in [0.05, 0.1) is 11.4 Å². The minimum atomic E-state index is -4.86. The molecule has 0 aliphatic carbocycles. The molecule has 1 heterocycles. The predicted octanol–water partition coefficient (Wildman–Crippen LogP) is 1.54. The Morgan fingerprint density at radius 1 is 1.30 bits per heavy atom. The minimum absolute atomic E-state index is 0. The van der Waals surface area contributed by atoms with Gasteiger partial charge in [-0.3, -0.25) is 4.79 Å². The number of hydrogen-bond donors (Lipinski definition) is 3. The van der Waals surface area contributed by atoms with Crippen LogP contribution in [0.2, 0.25) is 0 Å². The molecule has 1 aliphatic heterocycles. The number of alkyl halides is 3. The van der Waals surface area contributed by atoms with E-state index in [1.54, 1.807) is 0 Å². The number of halogens is 4.